The Morgan fingerprint density at radius 1 is 1.04 bits per heavy atom. The van der Waals surface area contributed by atoms with E-state index in [0.29, 0.717) is 17.1 Å². The highest BCUT2D eigenvalue weighted by molar-refractivity contribution is 6.05. The summed E-state index contributed by atoms with van der Waals surface area (Å²) in [5.74, 6) is 0.926. The first-order chi connectivity index (χ1) is 12.0. The number of nitrogens with zero attached hydrogens (tertiary/aromatic N) is 2. The van der Waals surface area contributed by atoms with Crippen LogP contribution < -0.4 is 10.1 Å². The molecule has 0 unspecified atom stereocenters. The van der Waals surface area contributed by atoms with E-state index in [-0.39, 0.29) is 5.91 Å². The Morgan fingerprint density at radius 3 is 2.40 bits per heavy atom. The molecule has 3 aromatic rings. The van der Waals surface area contributed by atoms with Crippen LogP contribution in [0.15, 0.2) is 48.5 Å². The molecule has 0 radical (unpaired) electrons. The number of aryl methyl sites for hydroxylation is 3. The lowest BCUT2D eigenvalue weighted by Gasteiger charge is -2.12. The predicted molar refractivity (Wildman–Crippen MR) is 98.7 cm³/mol. The SMILES string of the molecule is COc1ccccc1C(=O)Nc1cc(C)nn1-c1cc(C)cc(C)c1. The first-order valence-electron chi connectivity index (χ1n) is 8.07. The lowest BCUT2D eigenvalue weighted by atomic mass is 10.1. The second-order valence-corrected chi connectivity index (χ2v) is 6.08. The maximum Gasteiger partial charge on any atom is 0.260 e. The van der Waals surface area contributed by atoms with Crippen LogP contribution in [0.1, 0.15) is 27.2 Å². The van der Waals surface area contributed by atoms with Gasteiger partial charge in [-0.2, -0.15) is 5.10 Å². The number of rotatable bonds is 4. The van der Waals surface area contributed by atoms with Crippen molar-refractivity contribution in [2.24, 2.45) is 0 Å². The van der Waals surface area contributed by atoms with Gasteiger partial charge in [0.2, 0.25) is 0 Å². The molecule has 0 saturated heterocycles. The maximum absolute atomic E-state index is 12.7. The Bertz CT molecular complexity index is 908. The molecule has 0 saturated carbocycles. The standard InChI is InChI=1S/C20H21N3O2/c1-13-9-14(2)11-16(10-13)23-19(12-15(3)22-23)21-20(24)17-7-5-6-8-18(17)25-4/h5-12H,1-4H3,(H,21,24). The van der Waals surface area contributed by atoms with Gasteiger partial charge in [0.05, 0.1) is 24.1 Å². The van der Waals surface area contributed by atoms with Crippen molar-refractivity contribution in [1.29, 1.82) is 0 Å². The summed E-state index contributed by atoms with van der Waals surface area (Å²) in [5.41, 5.74) is 4.52. The molecule has 0 aliphatic carbocycles. The van der Waals surface area contributed by atoms with Crippen LogP contribution in [-0.2, 0) is 0 Å². The van der Waals surface area contributed by atoms with E-state index in [9.17, 15) is 4.79 Å². The maximum atomic E-state index is 12.7. The van der Waals surface area contributed by atoms with Gasteiger partial charge in [0.25, 0.3) is 5.91 Å². The first kappa shape index (κ1) is 16.8. The van der Waals surface area contributed by atoms with Gasteiger partial charge in [-0.3, -0.25) is 4.79 Å². The number of para-hydroxylation sites is 1. The average Bonchev–Trinajstić information content (AvgIpc) is 2.94. The minimum absolute atomic E-state index is 0.233. The van der Waals surface area contributed by atoms with Gasteiger partial charge in [0.15, 0.2) is 0 Å². The number of aromatic nitrogens is 2. The summed E-state index contributed by atoms with van der Waals surface area (Å²) in [6.45, 7) is 5.98. The third-order valence-corrected chi connectivity index (χ3v) is 3.88. The molecule has 5 nitrogen and oxygen atoms in total. The molecular weight excluding hydrogens is 314 g/mol. The number of carbonyl (C=O) groups is 1. The number of nitrogens with one attached hydrogen (secondary N) is 1. The van der Waals surface area contributed by atoms with Gasteiger partial charge < -0.3 is 10.1 Å². The molecular formula is C20H21N3O2. The average molecular weight is 335 g/mol. The smallest absolute Gasteiger partial charge is 0.260 e. The van der Waals surface area contributed by atoms with Crippen molar-refractivity contribution in [3.05, 3.63) is 70.9 Å². The topological polar surface area (TPSA) is 56.1 Å². The highest BCUT2D eigenvalue weighted by Crippen LogP contribution is 2.22. The normalized spacial score (nSPS) is 10.6. The number of methoxy groups -OCH3 is 1. The third kappa shape index (κ3) is 3.55. The van der Waals surface area contributed by atoms with Crippen LogP contribution in [0.5, 0.6) is 5.75 Å². The molecule has 0 atom stereocenters. The zero-order valence-electron chi connectivity index (χ0n) is 14.8. The molecule has 25 heavy (non-hydrogen) atoms. The van der Waals surface area contributed by atoms with Crippen molar-refractivity contribution in [1.82, 2.24) is 9.78 Å². The number of ether oxygens (including phenoxy) is 1. The van der Waals surface area contributed by atoms with Gasteiger partial charge in [-0.1, -0.05) is 18.2 Å². The number of amides is 1. The van der Waals surface area contributed by atoms with Gasteiger partial charge >= 0.3 is 0 Å². The summed E-state index contributed by atoms with van der Waals surface area (Å²) in [6, 6.07) is 15.2. The lowest BCUT2D eigenvalue weighted by molar-refractivity contribution is 0.102. The van der Waals surface area contributed by atoms with E-state index >= 15 is 0 Å². The molecule has 2 aromatic carbocycles. The predicted octanol–water partition coefficient (Wildman–Crippen LogP) is 4.06. The van der Waals surface area contributed by atoms with Gasteiger partial charge in [0.1, 0.15) is 11.6 Å². The molecule has 1 heterocycles. The Morgan fingerprint density at radius 2 is 1.72 bits per heavy atom. The molecule has 5 heteroatoms. The Balaban J connectivity index is 1.97. The fourth-order valence-corrected chi connectivity index (χ4v) is 2.87. The zero-order chi connectivity index (χ0) is 18.0. The van der Waals surface area contributed by atoms with E-state index < -0.39 is 0 Å². The van der Waals surface area contributed by atoms with Gasteiger partial charge in [-0.15, -0.1) is 0 Å². The lowest BCUT2D eigenvalue weighted by Crippen LogP contribution is -2.16. The van der Waals surface area contributed by atoms with Crippen molar-refractivity contribution < 1.29 is 9.53 Å². The van der Waals surface area contributed by atoms with E-state index in [2.05, 4.69) is 16.5 Å². The van der Waals surface area contributed by atoms with E-state index in [1.807, 2.05) is 51.1 Å². The van der Waals surface area contributed by atoms with E-state index in [1.165, 1.54) is 0 Å². The third-order valence-electron chi connectivity index (χ3n) is 3.88. The van der Waals surface area contributed by atoms with Crippen LogP contribution in [0, 0.1) is 20.8 Å². The Hall–Kier alpha value is -3.08. The van der Waals surface area contributed by atoms with E-state index in [0.717, 1.165) is 22.5 Å². The van der Waals surface area contributed by atoms with Crippen LogP contribution in [-0.4, -0.2) is 22.8 Å². The van der Waals surface area contributed by atoms with Crippen LogP contribution in [0.2, 0.25) is 0 Å². The van der Waals surface area contributed by atoms with E-state index in [4.69, 9.17) is 4.74 Å². The molecule has 128 valence electrons. The molecule has 0 aliphatic rings. The molecule has 1 N–H and O–H groups in total. The minimum Gasteiger partial charge on any atom is -0.496 e. The van der Waals surface area contributed by atoms with Gasteiger partial charge in [-0.05, 0) is 56.2 Å². The Kier molecular flexibility index (Phi) is 4.57. The number of benzene rings is 2. The van der Waals surface area contributed by atoms with Gasteiger partial charge in [0, 0.05) is 6.07 Å². The molecule has 0 bridgehead atoms. The second kappa shape index (κ2) is 6.81. The summed E-state index contributed by atoms with van der Waals surface area (Å²) in [5, 5.41) is 7.46. The van der Waals surface area contributed by atoms with Crippen molar-refractivity contribution in [3.8, 4) is 11.4 Å². The summed E-state index contributed by atoms with van der Waals surface area (Å²) < 4.78 is 7.03. The van der Waals surface area contributed by atoms with Crippen molar-refractivity contribution in [2.45, 2.75) is 20.8 Å². The highest BCUT2D eigenvalue weighted by Gasteiger charge is 2.15. The number of carbonyl (C=O) groups excluding carboxylic acids is 1. The van der Waals surface area contributed by atoms with Crippen LogP contribution >= 0.6 is 0 Å². The van der Waals surface area contributed by atoms with E-state index in [1.54, 1.807) is 23.9 Å². The molecule has 1 aromatic heterocycles. The van der Waals surface area contributed by atoms with Crippen molar-refractivity contribution in [2.75, 3.05) is 12.4 Å². The monoisotopic (exact) mass is 335 g/mol. The summed E-state index contributed by atoms with van der Waals surface area (Å²) in [4.78, 5) is 12.7. The Labute approximate surface area is 147 Å². The fourth-order valence-electron chi connectivity index (χ4n) is 2.87. The second-order valence-electron chi connectivity index (χ2n) is 6.08. The van der Waals surface area contributed by atoms with Crippen LogP contribution in [0.25, 0.3) is 5.69 Å². The molecule has 1 amide bonds. The fraction of sp³-hybridized carbons (Fsp3) is 0.200. The highest BCUT2D eigenvalue weighted by atomic mass is 16.5. The summed E-state index contributed by atoms with van der Waals surface area (Å²) >= 11 is 0. The molecule has 3 rings (SSSR count). The van der Waals surface area contributed by atoms with Crippen molar-refractivity contribution >= 4 is 11.7 Å². The van der Waals surface area contributed by atoms with Gasteiger partial charge in [-0.25, -0.2) is 4.68 Å². The number of hydrogen-bond acceptors (Lipinski definition) is 3. The quantitative estimate of drug-likeness (QED) is 0.782. The first-order valence-corrected chi connectivity index (χ1v) is 8.07. The molecule has 0 spiro atoms. The molecule has 0 fully saturated rings. The summed E-state index contributed by atoms with van der Waals surface area (Å²) in [6.07, 6.45) is 0. The zero-order valence-corrected chi connectivity index (χ0v) is 14.8. The minimum atomic E-state index is -0.233. The number of anilines is 1. The van der Waals surface area contributed by atoms with Crippen molar-refractivity contribution in [3.63, 3.8) is 0 Å². The summed E-state index contributed by atoms with van der Waals surface area (Å²) in [7, 11) is 1.55. The largest absolute Gasteiger partial charge is 0.496 e. The number of hydrogen-bond donors (Lipinski definition) is 1. The molecule has 0 aliphatic heterocycles. The van der Waals surface area contributed by atoms with Crippen LogP contribution in [0.3, 0.4) is 0 Å². The van der Waals surface area contributed by atoms with Crippen LogP contribution in [0.4, 0.5) is 5.82 Å².